The van der Waals surface area contributed by atoms with Gasteiger partial charge in [-0.3, -0.25) is 0 Å². The Bertz CT molecular complexity index is 456. The first kappa shape index (κ1) is 18.2. The number of hydrogen-bond acceptors (Lipinski definition) is 0. The van der Waals surface area contributed by atoms with Crippen LogP contribution in [0.2, 0.25) is 0 Å². The first-order chi connectivity index (χ1) is 9.62. The van der Waals surface area contributed by atoms with Gasteiger partial charge in [0.25, 0.3) is 0 Å². The van der Waals surface area contributed by atoms with E-state index >= 15 is 0 Å². The van der Waals surface area contributed by atoms with Crippen molar-refractivity contribution in [3.63, 3.8) is 0 Å². The molecule has 0 N–H and O–H groups in total. The molecule has 0 unspecified atom stereocenters. The Kier molecular flexibility index (Phi) is 9.11. The smallest absolute Gasteiger partial charge is 0.0146 e. The Morgan fingerprint density at radius 3 is 2.15 bits per heavy atom. The molecule has 0 saturated carbocycles. The van der Waals surface area contributed by atoms with E-state index in [1.807, 2.05) is 45.1 Å². The summed E-state index contributed by atoms with van der Waals surface area (Å²) >= 11 is 0. The average Bonchev–Trinajstić information content (AvgIpc) is 2.49. The fourth-order valence-electron chi connectivity index (χ4n) is 1.89. The molecule has 0 amide bonds. The molecule has 1 rings (SSSR count). The molecule has 1 aromatic rings. The molecule has 0 heterocycles. The molecule has 1 aromatic carbocycles. The summed E-state index contributed by atoms with van der Waals surface area (Å²) in [7, 11) is 0. The van der Waals surface area contributed by atoms with E-state index in [4.69, 9.17) is 0 Å². The van der Waals surface area contributed by atoms with Crippen molar-refractivity contribution in [3.05, 3.63) is 84.5 Å². The lowest BCUT2D eigenvalue weighted by molar-refractivity contribution is 0.639. The monoisotopic (exact) mass is 268 g/mol. The van der Waals surface area contributed by atoms with E-state index in [-0.39, 0.29) is 5.41 Å². The first-order valence-corrected chi connectivity index (χ1v) is 7.31. The molecule has 0 aliphatic rings. The van der Waals surface area contributed by atoms with Crippen LogP contribution in [0.15, 0.2) is 78.9 Å². The van der Waals surface area contributed by atoms with Gasteiger partial charge in [-0.25, -0.2) is 0 Å². The molecule has 108 valence electrons. The molecule has 0 spiro atoms. The van der Waals surface area contributed by atoms with Gasteiger partial charge >= 0.3 is 0 Å². The van der Waals surface area contributed by atoms with Crippen LogP contribution in [-0.2, 0) is 5.41 Å². The number of hydrogen-bond donors (Lipinski definition) is 0. The molecule has 0 fully saturated rings. The zero-order valence-corrected chi connectivity index (χ0v) is 13.6. The molecule has 0 aromatic heterocycles. The zero-order valence-electron chi connectivity index (χ0n) is 13.6. The van der Waals surface area contributed by atoms with Gasteiger partial charge in [0, 0.05) is 5.41 Å². The molecule has 0 aliphatic carbocycles. The van der Waals surface area contributed by atoms with Gasteiger partial charge in [0.2, 0.25) is 0 Å². The molecular weight excluding hydrogens is 240 g/mol. The SMILES string of the molecule is C=C\C=C(/C=C\C=C/C)C(C)(C)c1ccccc1.CC. The highest BCUT2D eigenvalue weighted by atomic mass is 14.3. The minimum absolute atomic E-state index is 0.0203. The summed E-state index contributed by atoms with van der Waals surface area (Å²) in [6, 6.07) is 10.5. The minimum Gasteiger partial charge on any atom is -0.0991 e. The topological polar surface area (TPSA) is 0 Å². The van der Waals surface area contributed by atoms with Crippen molar-refractivity contribution in [1.29, 1.82) is 0 Å². The van der Waals surface area contributed by atoms with Gasteiger partial charge < -0.3 is 0 Å². The second-order valence-electron chi connectivity index (χ2n) is 4.73. The van der Waals surface area contributed by atoms with E-state index in [0.29, 0.717) is 0 Å². The van der Waals surface area contributed by atoms with Crippen LogP contribution in [0.4, 0.5) is 0 Å². The molecule has 0 bridgehead atoms. The standard InChI is InChI=1S/C18H22.C2H6/c1-5-7-9-13-16(12-6-2)18(3,4)17-14-10-8-11-15-17;1-2/h5-15H,2H2,1,3-4H3;1-2H3/b7-5-,13-9-,16-12+;. The predicted molar refractivity (Wildman–Crippen MR) is 93.1 cm³/mol. The normalized spacial score (nSPS) is 12.3. The zero-order chi connectivity index (χ0) is 15.4. The van der Waals surface area contributed by atoms with Gasteiger partial charge in [-0.1, -0.05) is 101 Å². The molecule has 0 atom stereocenters. The number of allylic oxidation sites excluding steroid dienone is 7. The van der Waals surface area contributed by atoms with Crippen LogP contribution in [0.1, 0.15) is 40.2 Å². The molecule has 0 heteroatoms. The van der Waals surface area contributed by atoms with E-state index in [1.165, 1.54) is 11.1 Å². The molecule has 0 aliphatic heterocycles. The van der Waals surface area contributed by atoms with Crippen molar-refractivity contribution < 1.29 is 0 Å². The van der Waals surface area contributed by atoms with Crippen LogP contribution in [0.3, 0.4) is 0 Å². The Morgan fingerprint density at radius 1 is 1.05 bits per heavy atom. The third-order valence-corrected chi connectivity index (χ3v) is 3.09. The van der Waals surface area contributed by atoms with Gasteiger partial charge in [0.15, 0.2) is 0 Å². The largest absolute Gasteiger partial charge is 0.0991 e. The quantitative estimate of drug-likeness (QED) is 0.555. The molecule has 0 radical (unpaired) electrons. The average molecular weight is 268 g/mol. The Hall–Kier alpha value is -1.82. The number of benzene rings is 1. The van der Waals surface area contributed by atoms with Crippen LogP contribution < -0.4 is 0 Å². The van der Waals surface area contributed by atoms with Gasteiger partial charge in [-0.05, 0) is 18.1 Å². The van der Waals surface area contributed by atoms with Crippen molar-refractivity contribution in [2.45, 2.75) is 40.0 Å². The maximum atomic E-state index is 3.81. The second kappa shape index (κ2) is 10.0. The third-order valence-electron chi connectivity index (χ3n) is 3.09. The van der Waals surface area contributed by atoms with Crippen molar-refractivity contribution in [2.75, 3.05) is 0 Å². The van der Waals surface area contributed by atoms with Crippen LogP contribution >= 0.6 is 0 Å². The summed E-state index contributed by atoms with van der Waals surface area (Å²) in [6.45, 7) is 14.3. The van der Waals surface area contributed by atoms with Gasteiger partial charge in [0.05, 0.1) is 0 Å². The van der Waals surface area contributed by atoms with E-state index in [1.54, 1.807) is 0 Å². The second-order valence-corrected chi connectivity index (χ2v) is 4.73. The lowest BCUT2D eigenvalue weighted by Crippen LogP contribution is -2.19. The van der Waals surface area contributed by atoms with Crippen LogP contribution in [0.25, 0.3) is 0 Å². The van der Waals surface area contributed by atoms with Crippen molar-refractivity contribution in [3.8, 4) is 0 Å². The van der Waals surface area contributed by atoms with Crippen LogP contribution in [-0.4, -0.2) is 0 Å². The predicted octanol–water partition coefficient (Wildman–Crippen LogP) is 6.24. The Labute approximate surface area is 125 Å². The maximum Gasteiger partial charge on any atom is 0.0146 e. The Morgan fingerprint density at radius 2 is 1.65 bits per heavy atom. The third kappa shape index (κ3) is 5.44. The maximum absolute atomic E-state index is 3.81. The van der Waals surface area contributed by atoms with Crippen molar-refractivity contribution in [1.82, 2.24) is 0 Å². The van der Waals surface area contributed by atoms with Crippen LogP contribution in [0, 0.1) is 0 Å². The van der Waals surface area contributed by atoms with Gasteiger partial charge in [-0.15, -0.1) is 0 Å². The van der Waals surface area contributed by atoms with Crippen LogP contribution in [0.5, 0.6) is 0 Å². The van der Waals surface area contributed by atoms with E-state index in [9.17, 15) is 0 Å². The summed E-state index contributed by atoms with van der Waals surface area (Å²) in [5, 5.41) is 0. The fraction of sp³-hybridized carbons (Fsp3) is 0.300. The molecule has 0 saturated heterocycles. The van der Waals surface area contributed by atoms with Crippen molar-refractivity contribution >= 4 is 0 Å². The summed E-state index contributed by atoms with van der Waals surface area (Å²) in [5.41, 5.74) is 2.54. The highest BCUT2D eigenvalue weighted by molar-refractivity contribution is 5.42. The van der Waals surface area contributed by atoms with Gasteiger partial charge in [-0.2, -0.15) is 0 Å². The molecular formula is C20H28. The lowest BCUT2D eigenvalue weighted by Gasteiger charge is -2.27. The van der Waals surface area contributed by atoms with Gasteiger partial charge in [0.1, 0.15) is 0 Å². The summed E-state index contributed by atoms with van der Waals surface area (Å²) in [5.74, 6) is 0. The molecule has 0 nitrogen and oxygen atoms in total. The molecule has 20 heavy (non-hydrogen) atoms. The van der Waals surface area contributed by atoms with E-state index < -0.39 is 0 Å². The summed E-state index contributed by atoms with van der Waals surface area (Å²) in [4.78, 5) is 0. The van der Waals surface area contributed by atoms with Crippen molar-refractivity contribution in [2.24, 2.45) is 0 Å². The summed E-state index contributed by atoms with van der Waals surface area (Å²) < 4.78 is 0. The van der Waals surface area contributed by atoms with E-state index in [2.05, 4.69) is 62.9 Å². The van der Waals surface area contributed by atoms with E-state index in [0.717, 1.165) is 0 Å². The number of rotatable bonds is 5. The summed E-state index contributed by atoms with van der Waals surface area (Å²) in [6.07, 6.45) is 12.2. The highest BCUT2D eigenvalue weighted by Crippen LogP contribution is 2.32. The Balaban J connectivity index is 0.00000172. The highest BCUT2D eigenvalue weighted by Gasteiger charge is 2.23. The first-order valence-electron chi connectivity index (χ1n) is 7.31. The fourth-order valence-corrected chi connectivity index (χ4v) is 1.89. The minimum atomic E-state index is -0.0203. The lowest BCUT2D eigenvalue weighted by atomic mass is 9.77.